The van der Waals surface area contributed by atoms with Crippen LogP contribution in [0.4, 0.5) is 4.79 Å². The van der Waals surface area contributed by atoms with E-state index >= 15 is 0 Å². The van der Waals surface area contributed by atoms with Crippen LogP contribution in [0.2, 0.25) is 0 Å². The number of imide groups is 1. The standard InChI is InChI=1S/C14H23N3O5/c1-8(2)10(11(19)20)15-9(18)6-5-7-17-12(21)14(3,4)16-13(17)22/h8,10H,5-7H2,1-4H3,(H,15,18)(H,16,22)(H,19,20)/t10-/m1/s1. The summed E-state index contributed by atoms with van der Waals surface area (Å²) in [5.74, 6) is -2.05. The summed E-state index contributed by atoms with van der Waals surface area (Å²) in [7, 11) is 0. The van der Waals surface area contributed by atoms with Crippen LogP contribution in [-0.2, 0) is 14.4 Å². The molecule has 1 saturated heterocycles. The summed E-state index contributed by atoms with van der Waals surface area (Å²) in [6.07, 6.45) is 0.333. The maximum absolute atomic E-state index is 11.9. The number of hydrogen-bond donors (Lipinski definition) is 3. The number of nitrogens with zero attached hydrogens (tertiary/aromatic N) is 1. The third-order valence-corrected chi connectivity index (χ3v) is 3.48. The Bertz CT molecular complexity index is 487. The highest BCUT2D eigenvalue weighted by atomic mass is 16.4. The van der Waals surface area contributed by atoms with Gasteiger partial charge in [-0.2, -0.15) is 0 Å². The van der Waals surface area contributed by atoms with Gasteiger partial charge in [-0.1, -0.05) is 13.8 Å². The van der Waals surface area contributed by atoms with Crippen molar-refractivity contribution in [2.45, 2.75) is 52.1 Å². The Morgan fingerprint density at radius 1 is 1.32 bits per heavy atom. The van der Waals surface area contributed by atoms with Crippen molar-refractivity contribution in [2.24, 2.45) is 5.92 Å². The van der Waals surface area contributed by atoms with Gasteiger partial charge in [-0.15, -0.1) is 0 Å². The molecule has 1 fully saturated rings. The number of carboxylic acid groups (broad SMARTS) is 1. The lowest BCUT2D eigenvalue weighted by atomic mass is 10.0. The summed E-state index contributed by atoms with van der Waals surface area (Å²) in [6, 6.07) is -1.41. The number of hydrogen-bond acceptors (Lipinski definition) is 4. The molecular formula is C14H23N3O5. The fourth-order valence-corrected chi connectivity index (χ4v) is 2.18. The average Bonchev–Trinajstić information content (AvgIpc) is 2.57. The van der Waals surface area contributed by atoms with Gasteiger partial charge in [0, 0.05) is 13.0 Å². The van der Waals surface area contributed by atoms with Crippen molar-refractivity contribution in [1.82, 2.24) is 15.5 Å². The molecule has 8 heteroatoms. The molecule has 0 unspecified atom stereocenters. The molecule has 1 rings (SSSR count). The smallest absolute Gasteiger partial charge is 0.326 e. The van der Waals surface area contributed by atoms with Crippen LogP contribution in [0.1, 0.15) is 40.5 Å². The Morgan fingerprint density at radius 2 is 1.91 bits per heavy atom. The molecular weight excluding hydrogens is 290 g/mol. The highest BCUT2D eigenvalue weighted by Crippen LogP contribution is 2.17. The Labute approximate surface area is 129 Å². The second kappa shape index (κ2) is 6.76. The molecule has 8 nitrogen and oxygen atoms in total. The van der Waals surface area contributed by atoms with Crippen LogP contribution in [0, 0.1) is 5.92 Å². The van der Waals surface area contributed by atoms with Crippen molar-refractivity contribution in [3.05, 3.63) is 0 Å². The largest absolute Gasteiger partial charge is 0.480 e. The quantitative estimate of drug-likeness (QED) is 0.585. The van der Waals surface area contributed by atoms with Gasteiger partial charge in [0.25, 0.3) is 5.91 Å². The van der Waals surface area contributed by atoms with E-state index in [-0.39, 0.29) is 31.2 Å². The minimum atomic E-state index is -1.08. The number of carbonyl (C=O) groups excluding carboxylic acids is 3. The van der Waals surface area contributed by atoms with Gasteiger partial charge < -0.3 is 15.7 Å². The number of amides is 4. The van der Waals surface area contributed by atoms with Gasteiger partial charge in [-0.05, 0) is 26.2 Å². The molecule has 0 aliphatic carbocycles. The molecule has 0 saturated carbocycles. The van der Waals surface area contributed by atoms with E-state index in [1.165, 1.54) is 0 Å². The first-order chi connectivity index (χ1) is 10.1. The molecule has 22 heavy (non-hydrogen) atoms. The summed E-state index contributed by atoms with van der Waals surface area (Å²) in [5.41, 5.74) is -0.925. The van der Waals surface area contributed by atoms with Gasteiger partial charge >= 0.3 is 12.0 Å². The summed E-state index contributed by atoms with van der Waals surface area (Å²) in [6.45, 7) is 6.75. The number of aliphatic carboxylic acids is 1. The second-order valence-electron chi connectivity index (χ2n) is 6.24. The molecule has 1 aliphatic heterocycles. The van der Waals surface area contributed by atoms with Crippen molar-refractivity contribution < 1.29 is 24.3 Å². The number of urea groups is 1. The predicted molar refractivity (Wildman–Crippen MR) is 78.0 cm³/mol. The first-order valence-corrected chi connectivity index (χ1v) is 7.22. The van der Waals surface area contributed by atoms with Crippen molar-refractivity contribution >= 4 is 23.8 Å². The lowest BCUT2D eigenvalue weighted by molar-refractivity contribution is -0.143. The molecule has 0 spiro atoms. The molecule has 0 aromatic rings. The van der Waals surface area contributed by atoms with E-state index in [1.54, 1.807) is 27.7 Å². The van der Waals surface area contributed by atoms with Crippen molar-refractivity contribution in [1.29, 1.82) is 0 Å². The molecule has 0 bridgehead atoms. The first kappa shape index (κ1) is 17.9. The zero-order chi connectivity index (χ0) is 17.1. The SMILES string of the molecule is CC(C)[C@@H](NC(=O)CCCN1C(=O)NC(C)(C)C1=O)C(=O)O. The molecule has 124 valence electrons. The number of nitrogens with one attached hydrogen (secondary N) is 2. The third kappa shape index (κ3) is 4.19. The van der Waals surface area contributed by atoms with E-state index in [4.69, 9.17) is 5.11 Å². The second-order valence-corrected chi connectivity index (χ2v) is 6.24. The van der Waals surface area contributed by atoms with Crippen molar-refractivity contribution in [3.63, 3.8) is 0 Å². The highest BCUT2D eigenvalue weighted by molar-refractivity contribution is 6.06. The van der Waals surface area contributed by atoms with E-state index in [9.17, 15) is 19.2 Å². The molecule has 0 aromatic heterocycles. The van der Waals surface area contributed by atoms with E-state index in [2.05, 4.69) is 10.6 Å². The fraction of sp³-hybridized carbons (Fsp3) is 0.714. The fourth-order valence-electron chi connectivity index (χ4n) is 2.18. The van der Waals surface area contributed by atoms with Gasteiger partial charge in [-0.3, -0.25) is 14.5 Å². The van der Waals surface area contributed by atoms with Gasteiger partial charge in [0.15, 0.2) is 0 Å². The summed E-state index contributed by atoms with van der Waals surface area (Å²) < 4.78 is 0. The van der Waals surface area contributed by atoms with Crippen LogP contribution in [0.5, 0.6) is 0 Å². The number of carbonyl (C=O) groups is 4. The third-order valence-electron chi connectivity index (χ3n) is 3.48. The zero-order valence-electron chi connectivity index (χ0n) is 13.3. The Balaban J connectivity index is 2.44. The van der Waals surface area contributed by atoms with E-state index < -0.39 is 29.5 Å². The molecule has 4 amide bonds. The van der Waals surface area contributed by atoms with Crippen LogP contribution in [0.15, 0.2) is 0 Å². The Kier molecular flexibility index (Phi) is 5.51. The Morgan fingerprint density at radius 3 is 2.32 bits per heavy atom. The molecule has 3 N–H and O–H groups in total. The monoisotopic (exact) mass is 313 g/mol. The van der Waals surface area contributed by atoms with E-state index in [0.29, 0.717) is 0 Å². The van der Waals surface area contributed by atoms with Crippen LogP contribution in [0.25, 0.3) is 0 Å². The summed E-state index contributed by atoms with van der Waals surface area (Å²) in [5, 5.41) is 14.0. The summed E-state index contributed by atoms with van der Waals surface area (Å²) in [4.78, 5) is 47.4. The molecule has 0 radical (unpaired) electrons. The van der Waals surface area contributed by atoms with Crippen LogP contribution in [-0.4, -0.2) is 51.9 Å². The molecule has 1 heterocycles. The topological polar surface area (TPSA) is 116 Å². The lowest BCUT2D eigenvalue weighted by Gasteiger charge is -2.18. The highest BCUT2D eigenvalue weighted by Gasteiger charge is 2.43. The minimum Gasteiger partial charge on any atom is -0.480 e. The predicted octanol–water partition coefficient (Wildman–Crippen LogP) is 0.322. The van der Waals surface area contributed by atoms with Crippen molar-refractivity contribution in [3.8, 4) is 0 Å². The molecule has 0 aromatic carbocycles. The Hall–Kier alpha value is -2.12. The normalized spacial score (nSPS) is 18.3. The van der Waals surface area contributed by atoms with Crippen LogP contribution >= 0.6 is 0 Å². The average molecular weight is 313 g/mol. The van der Waals surface area contributed by atoms with Crippen molar-refractivity contribution in [2.75, 3.05) is 6.54 Å². The minimum absolute atomic E-state index is 0.0496. The van der Waals surface area contributed by atoms with E-state index in [1.807, 2.05) is 0 Å². The number of carboxylic acids is 1. The first-order valence-electron chi connectivity index (χ1n) is 7.22. The van der Waals surface area contributed by atoms with E-state index in [0.717, 1.165) is 4.90 Å². The van der Waals surface area contributed by atoms with Crippen LogP contribution in [0.3, 0.4) is 0 Å². The maximum atomic E-state index is 11.9. The number of rotatable bonds is 7. The van der Waals surface area contributed by atoms with Gasteiger partial charge in [0.2, 0.25) is 5.91 Å². The summed E-state index contributed by atoms with van der Waals surface area (Å²) >= 11 is 0. The maximum Gasteiger partial charge on any atom is 0.326 e. The lowest BCUT2D eigenvalue weighted by Crippen LogP contribution is -2.44. The van der Waals surface area contributed by atoms with Gasteiger partial charge in [-0.25, -0.2) is 9.59 Å². The molecule has 1 aliphatic rings. The molecule has 1 atom stereocenters. The zero-order valence-corrected chi connectivity index (χ0v) is 13.3. The van der Waals surface area contributed by atoms with Gasteiger partial charge in [0.05, 0.1) is 0 Å². The van der Waals surface area contributed by atoms with Gasteiger partial charge in [0.1, 0.15) is 11.6 Å². The van der Waals surface area contributed by atoms with Crippen LogP contribution < -0.4 is 10.6 Å².